The lowest BCUT2D eigenvalue weighted by molar-refractivity contribution is 0.0605. The van der Waals surface area contributed by atoms with Crippen LogP contribution in [0.5, 0.6) is 0 Å². The maximum absolute atomic E-state index is 13.2. The van der Waals surface area contributed by atoms with Gasteiger partial charge in [-0.25, -0.2) is 14.4 Å². The largest absolute Gasteiger partial charge is 0.368 e. The second kappa shape index (κ2) is 7.17. The number of hydrogen-bond donors (Lipinski definition) is 1. The molecule has 2 heterocycles. The number of rotatable bonds is 3. The van der Waals surface area contributed by atoms with Crippen molar-refractivity contribution in [3.8, 4) is 0 Å². The number of carbonyl (C=O) groups excluding carboxylic acids is 1. The lowest BCUT2D eigenvalue weighted by Crippen LogP contribution is -2.39. The zero-order chi connectivity index (χ0) is 18.0. The van der Waals surface area contributed by atoms with Gasteiger partial charge in [-0.3, -0.25) is 4.79 Å². The molecule has 1 fully saturated rings. The van der Waals surface area contributed by atoms with Gasteiger partial charge in [0, 0.05) is 12.2 Å². The molecule has 0 radical (unpaired) electrons. The summed E-state index contributed by atoms with van der Waals surface area (Å²) in [5, 5.41) is 0. The molecule has 0 spiro atoms. The van der Waals surface area contributed by atoms with Gasteiger partial charge in [-0.2, -0.15) is 0 Å². The molecule has 1 atom stereocenters. The molecule has 1 amide bonds. The molecule has 1 saturated heterocycles. The van der Waals surface area contributed by atoms with E-state index in [0.29, 0.717) is 12.2 Å². The average molecular weight is 342 g/mol. The first-order valence-electron chi connectivity index (χ1n) is 8.66. The van der Waals surface area contributed by atoms with Crippen LogP contribution in [0.15, 0.2) is 30.3 Å². The monoisotopic (exact) mass is 342 g/mol. The normalized spacial score (nSPS) is 17.8. The van der Waals surface area contributed by atoms with Crippen LogP contribution in [0.2, 0.25) is 0 Å². The van der Waals surface area contributed by atoms with Crippen molar-refractivity contribution in [1.82, 2.24) is 14.9 Å². The highest BCUT2D eigenvalue weighted by atomic mass is 19.1. The van der Waals surface area contributed by atoms with Crippen molar-refractivity contribution < 1.29 is 9.18 Å². The Labute approximate surface area is 147 Å². The van der Waals surface area contributed by atoms with E-state index in [-0.39, 0.29) is 29.6 Å². The van der Waals surface area contributed by atoms with Gasteiger partial charge in [0.15, 0.2) is 0 Å². The predicted molar refractivity (Wildman–Crippen MR) is 94.6 cm³/mol. The van der Waals surface area contributed by atoms with Gasteiger partial charge in [0.05, 0.1) is 6.04 Å². The standard InChI is InChI=1S/C19H23FN4O/c1-12(2)15-11-16(23-19(21)22-15)18(25)24-10-4-3-5-17(24)13-6-8-14(20)9-7-13/h6-9,11-12,17H,3-5,10H2,1-2H3,(H2,21,22,23)/t17-/m1/s1. The number of amides is 1. The molecule has 1 aromatic carbocycles. The van der Waals surface area contributed by atoms with Crippen molar-refractivity contribution in [3.05, 3.63) is 53.1 Å². The molecule has 2 N–H and O–H groups in total. The Morgan fingerprint density at radius 1 is 1.24 bits per heavy atom. The van der Waals surface area contributed by atoms with Crippen molar-refractivity contribution in [2.24, 2.45) is 0 Å². The van der Waals surface area contributed by atoms with E-state index in [1.165, 1.54) is 12.1 Å². The summed E-state index contributed by atoms with van der Waals surface area (Å²) in [6, 6.07) is 8.03. The highest BCUT2D eigenvalue weighted by molar-refractivity contribution is 5.93. The Morgan fingerprint density at radius 2 is 1.96 bits per heavy atom. The summed E-state index contributed by atoms with van der Waals surface area (Å²) in [5.41, 5.74) is 7.82. The topological polar surface area (TPSA) is 72.1 Å². The summed E-state index contributed by atoms with van der Waals surface area (Å²) in [6.45, 7) is 4.65. The molecule has 25 heavy (non-hydrogen) atoms. The van der Waals surface area contributed by atoms with E-state index in [1.807, 2.05) is 18.7 Å². The maximum Gasteiger partial charge on any atom is 0.273 e. The molecule has 0 bridgehead atoms. The summed E-state index contributed by atoms with van der Waals surface area (Å²) in [5.74, 6) is -0.149. The molecule has 1 aromatic heterocycles. The van der Waals surface area contributed by atoms with E-state index in [4.69, 9.17) is 5.73 Å². The summed E-state index contributed by atoms with van der Waals surface area (Å²) in [6.07, 6.45) is 2.84. The number of halogens is 1. The molecule has 1 aliphatic rings. The predicted octanol–water partition coefficient (Wildman–Crippen LogP) is 3.69. The molecule has 3 rings (SSSR count). The van der Waals surface area contributed by atoms with Crippen LogP contribution in [0.1, 0.15) is 66.8 Å². The molecular formula is C19H23FN4O. The van der Waals surface area contributed by atoms with E-state index in [9.17, 15) is 9.18 Å². The van der Waals surface area contributed by atoms with Gasteiger partial charge < -0.3 is 10.6 Å². The van der Waals surface area contributed by atoms with Crippen LogP contribution >= 0.6 is 0 Å². The summed E-state index contributed by atoms with van der Waals surface area (Å²) >= 11 is 0. The van der Waals surface area contributed by atoms with Crippen LogP contribution in [-0.4, -0.2) is 27.3 Å². The van der Waals surface area contributed by atoms with Crippen LogP contribution in [0.25, 0.3) is 0 Å². The quantitative estimate of drug-likeness (QED) is 0.923. The minimum atomic E-state index is -0.275. The van der Waals surface area contributed by atoms with E-state index in [2.05, 4.69) is 9.97 Å². The van der Waals surface area contributed by atoms with Crippen LogP contribution in [-0.2, 0) is 0 Å². The zero-order valence-electron chi connectivity index (χ0n) is 14.6. The summed E-state index contributed by atoms with van der Waals surface area (Å²) in [7, 11) is 0. The number of nitrogen functional groups attached to an aromatic ring is 1. The highest BCUT2D eigenvalue weighted by Gasteiger charge is 2.30. The highest BCUT2D eigenvalue weighted by Crippen LogP contribution is 2.32. The lowest BCUT2D eigenvalue weighted by Gasteiger charge is -2.36. The number of aromatic nitrogens is 2. The van der Waals surface area contributed by atoms with Crippen LogP contribution in [0.3, 0.4) is 0 Å². The molecule has 0 saturated carbocycles. The third-order valence-electron chi connectivity index (χ3n) is 4.59. The van der Waals surface area contributed by atoms with Crippen molar-refractivity contribution in [1.29, 1.82) is 0 Å². The summed E-state index contributed by atoms with van der Waals surface area (Å²) < 4.78 is 13.2. The van der Waals surface area contributed by atoms with E-state index in [0.717, 1.165) is 30.5 Å². The first-order valence-corrected chi connectivity index (χ1v) is 8.66. The fraction of sp³-hybridized carbons (Fsp3) is 0.421. The molecule has 0 unspecified atom stereocenters. The Hall–Kier alpha value is -2.50. The van der Waals surface area contributed by atoms with Crippen molar-refractivity contribution in [3.63, 3.8) is 0 Å². The third-order valence-corrected chi connectivity index (χ3v) is 4.59. The Bertz CT molecular complexity index is 761. The molecule has 1 aliphatic heterocycles. The number of benzene rings is 1. The van der Waals surface area contributed by atoms with Gasteiger partial charge >= 0.3 is 0 Å². The van der Waals surface area contributed by atoms with E-state index >= 15 is 0 Å². The number of likely N-dealkylation sites (tertiary alicyclic amines) is 1. The second-order valence-corrected chi connectivity index (χ2v) is 6.75. The van der Waals surface area contributed by atoms with Crippen molar-refractivity contribution in [2.75, 3.05) is 12.3 Å². The number of carbonyl (C=O) groups is 1. The van der Waals surface area contributed by atoms with E-state index < -0.39 is 0 Å². The number of nitrogens with two attached hydrogens (primary N) is 1. The van der Waals surface area contributed by atoms with Crippen LogP contribution in [0, 0.1) is 5.82 Å². The van der Waals surface area contributed by atoms with Gasteiger partial charge in [-0.1, -0.05) is 26.0 Å². The minimum absolute atomic E-state index is 0.0689. The second-order valence-electron chi connectivity index (χ2n) is 6.75. The van der Waals surface area contributed by atoms with Gasteiger partial charge in [0.1, 0.15) is 11.5 Å². The molecule has 2 aromatic rings. The summed E-state index contributed by atoms with van der Waals surface area (Å²) in [4.78, 5) is 23.3. The van der Waals surface area contributed by atoms with Gasteiger partial charge in [0.25, 0.3) is 5.91 Å². The first-order chi connectivity index (χ1) is 12.0. The van der Waals surface area contributed by atoms with Crippen molar-refractivity contribution in [2.45, 2.75) is 45.1 Å². The first kappa shape index (κ1) is 17.3. The van der Waals surface area contributed by atoms with Crippen LogP contribution < -0.4 is 5.73 Å². The van der Waals surface area contributed by atoms with Crippen molar-refractivity contribution >= 4 is 11.9 Å². The zero-order valence-corrected chi connectivity index (χ0v) is 14.6. The SMILES string of the molecule is CC(C)c1cc(C(=O)N2CCCC[C@@H]2c2ccc(F)cc2)nc(N)n1. The third kappa shape index (κ3) is 3.78. The lowest BCUT2D eigenvalue weighted by atomic mass is 9.94. The maximum atomic E-state index is 13.2. The number of nitrogens with zero attached hydrogens (tertiary/aromatic N) is 3. The van der Waals surface area contributed by atoms with Gasteiger partial charge in [0.2, 0.25) is 5.95 Å². The minimum Gasteiger partial charge on any atom is -0.368 e. The fourth-order valence-electron chi connectivity index (χ4n) is 3.24. The Kier molecular flexibility index (Phi) is 4.97. The molecular weight excluding hydrogens is 319 g/mol. The molecule has 0 aliphatic carbocycles. The van der Waals surface area contributed by atoms with Gasteiger partial charge in [-0.15, -0.1) is 0 Å². The molecule has 6 heteroatoms. The number of piperidine rings is 1. The van der Waals surface area contributed by atoms with E-state index in [1.54, 1.807) is 18.2 Å². The Balaban J connectivity index is 1.92. The molecule has 5 nitrogen and oxygen atoms in total. The van der Waals surface area contributed by atoms with Gasteiger partial charge in [-0.05, 0) is 48.9 Å². The number of hydrogen-bond acceptors (Lipinski definition) is 4. The Morgan fingerprint density at radius 3 is 2.64 bits per heavy atom. The average Bonchev–Trinajstić information content (AvgIpc) is 2.61. The molecule has 132 valence electrons. The smallest absolute Gasteiger partial charge is 0.273 e. The number of anilines is 1. The fourth-order valence-corrected chi connectivity index (χ4v) is 3.24. The van der Waals surface area contributed by atoms with Crippen LogP contribution in [0.4, 0.5) is 10.3 Å².